The van der Waals surface area contributed by atoms with Crippen LogP contribution in [0.2, 0.25) is 0 Å². The van der Waals surface area contributed by atoms with E-state index >= 15 is 0 Å². The third-order valence-corrected chi connectivity index (χ3v) is 3.94. The Kier molecular flexibility index (Phi) is 3.66. The van der Waals surface area contributed by atoms with Crippen molar-refractivity contribution in [3.05, 3.63) is 71.6 Å². The first-order valence-corrected chi connectivity index (χ1v) is 7.87. The van der Waals surface area contributed by atoms with E-state index in [2.05, 4.69) is 36.8 Å². The Morgan fingerprint density at radius 2 is 1.88 bits per heavy atom. The quantitative estimate of drug-likeness (QED) is 0.742. The Hall–Kier alpha value is -2.86. The summed E-state index contributed by atoms with van der Waals surface area (Å²) in [7, 11) is 4.06. The highest BCUT2D eigenvalue weighted by atomic mass is 15.3. The topological polar surface area (TPSA) is 59.2 Å². The van der Waals surface area contributed by atoms with Gasteiger partial charge in [-0.1, -0.05) is 24.3 Å². The molecular formula is C18H18N6. The molecule has 0 unspecified atom stereocenters. The average molecular weight is 318 g/mol. The van der Waals surface area contributed by atoms with Crippen LogP contribution in [0.25, 0.3) is 5.69 Å². The minimum Gasteiger partial charge on any atom is -0.302 e. The Morgan fingerprint density at radius 3 is 2.67 bits per heavy atom. The standard InChI is InChI=1S/C18H18N6/c1-23(2)12-17-22-21-16-11-20-18(14-8-5-6-10-19-14)13-7-3-4-9-15(13)24(16)17/h3-10H,11-12H2,1-2H3. The summed E-state index contributed by atoms with van der Waals surface area (Å²) < 4.78 is 2.12. The van der Waals surface area contributed by atoms with Crippen molar-refractivity contribution in [2.45, 2.75) is 13.1 Å². The molecule has 0 bridgehead atoms. The van der Waals surface area contributed by atoms with Gasteiger partial charge < -0.3 is 4.90 Å². The van der Waals surface area contributed by atoms with Crippen LogP contribution < -0.4 is 0 Å². The first-order valence-electron chi connectivity index (χ1n) is 7.87. The number of hydrogen-bond donors (Lipinski definition) is 0. The lowest BCUT2D eigenvalue weighted by Crippen LogP contribution is -2.16. The molecule has 0 N–H and O–H groups in total. The normalized spacial score (nSPS) is 13.2. The van der Waals surface area contributed by atoms with Gasteiger partial charge in [0.2, 0.25) is 0 Å². The number of nitrogens with zero attached hydrogens (tertiary/aromatic N) is 6. The average Bonchev–Trinajstić information content (AvgIpc) is 2.90. The van der Waals surface area contributed by atoms with Crippen LogP contribution in [0.15, 0.2) is 53.7 Å². The minimum atomic E-state index is 0.487. The number of aliphatic imine (C=N–C) groups is 1. The molecule has 0 fully saturated rings. The Bertz CT molecular complexity index is 895. The number of hydrogen-bond acceptors (Lipinski definition) is 5. The highest BCUT2D eigenvalue weighted by Gasteiger charge is 2.23. The molecule has 120 valence electrons. The lowest BCUT2D eigenvalue weighted by Gasteiger charge is -2.14. The molecule has 1 aliphatic heterocycles. The van der Waals surface area contributed by atoms with Crippen LogP contribution >= 0.6 is 0 Å². The summed E-state index contributed by atoms with van der Waals surface area (Å²) in [5, 5.41) is 8.72. The van der Waals surface area contributed by atoms with Crippen LogP contribution in [-0.4, -0.2) is 44.5 Å². The second kappa shape index (κ2) is 5.98. The monoisotopic (exact) mass is 318 g/mol. The summed E-state index contributed by atoms with van der Waals surface area (Å²) in [6.45, 7) is 1.21. The van der Waals surface area contributed by atoms with Gasteiger partial charge in [0.25, 0.3) is 0 Å². The van der Waals surface area contributed by atoms with E-state index < -0.39 is 0 Å². The minimum absolute atomic E-state index is 0.487. The molecule has 1 aliphatic rings. The van der Waals surface area contributed by atoms with Crippen molar-refractivity contribution in [2.24, 2.45) is 4.99 Å². The van der Waals surface area contributed by atoms with Crippen molar-refractivity contribution in [1.29, 1.82) is 0 Å². The van der Waals surface area contributed by atoms with Gasteiger partial charge in [0.1, 0.15) is 6.54 Å². The second-order valence-electron chi connectivity index (χ2n) is 6.00. The van der Waals surface area contributed by atoms with Crippen LogP contribution in [0.1, 0.15) is 22.9 Å². The molecule has 3 aromatic rings. The largest absolute Gasteiger partial charge is 0.302 e. The molecule has 0 saturated heterocycles. The number of para-hydroxylation sites is 1. The van der Waals surface area contributed by atoms with Gasteiger partial charge in [0.05, 0.1) is 23.6 Å². The van der Waals surface area contributed by atoms with E-state index in [4.69, 9.17) is 4.99 Å². The lowest BCUT2D eigenvalue weighted by atomic mass is 10.0. The van der Waals surface area contributed by atoms with Gasteiger partial charge in [0, 0.05) is 11.8 Å². The lowest BCUT2D eigenvalue weighted by molar-refractivity contribution is 0.387. The highest BCUT2D eigenvalue weighted by molar-refractivity contribution is 6.14. The third-order valence-electron chi connectivity index (χ3n) is 3.94. The fourth-order valence-electron chi connectivity index (χ4n) is 2.95. The van der Waals surface area contributed by atoms with Crippen molar-refractivity contribution in [1.82, 2.24) is 24.6 Å². The molecule has 6 nitrogen and oxygen atoms in total. The molecule has 24 heavy (non-hydrogen) atoms. The van der Waals surface area contributed by atoms with Gasteiger partial charge in [-0.25, -0.2) is 0 Å². The maximum absolute atomic E-state index is 4.79. The van der Waals surface area contributed by atoms with Gasteiger partial charge in [-0.2, -0.15) is 0 Å². The van der Waals surface area contributed by atoms with Gasteiger partial charge in [-0.15, -0.1) is 10.2 Å². The predicted molar refractivity (Wildman–Crippen MR) is 92.3 cm³/mol. The van der Waals surface area contributed by atoms with Crippen LogP contribution in [0.5, 0.6) is 0 Å². The summed E-state index contributed by atoms with van der Waals surface area (Å²) in [5.41, 5.74) is 3.87. The van der Waals surface area contributed by atoms with Crippen molar-refractivity contribution in [2.75, 3.05) is 14.1 Å². The first-order chi connectivity index (χ1) is 11.7. The fourth-order valence-corrected chi connectivity index (χ4v) is 2.95. The Balaban J connectivity index is 1.91. The third kappa shape index (κ3) is 2.51. The van der Waals surface area contributed by atoms with Crippen molar-refractivity contribution in [3.63, 3.8) is 0 Å². The van der Waals surface area contributed by atoms with E-state index in [0.29, 0.717) is 6.54 Å². The molecule has 0 amide bonds. The maximum Gasteiger partial charge on any atom is 0.159 e. The van der Waals surface area contributed by atoms with Crippen LogP contribution in [0.4, 0.5) is 0 Å². The predicted octanol–water partition coefficient (Wildman–Crippen LogP) is 2.07. The molecular weight excluding hydrogens is 300 g/mol. The van der Waals surface area contributed by atoms with Gasteiger partial charge >= 0.3 is 0 Å². The molecule has 0 aliphatic carbocycles. The Morgan fingerprint density at radius 1 is 1.04 bits per heavy atom. The number of fused-ring (bicyclic) bond motifs is 3. The van der Waals surface area contributed by atoms with E-state index in [1.165, 1.54) is 0 Å². The van der Waals surface area contributed by atoms with Crippen LogP contribution in [0, 0.1) is 0 Å². The molecule has 1 aromatic carbocycles. The van der Waals surface area contributed by atoms with Gasteiger partial charge in [-0.05, 0) is 32.3 Å². The van der Waals surface area contributed by atoms with E-state index in [1.54, 1.807) is 6.20 Å². The molecule has 0 spiro atoms. The van der Waals surface area contributed by atoms with Gasteiger partial charge in [-0.3, -0.25) is 14.5 Å². The zero-order valence-corrected chi connectivity index (χ0v) is 13.7. The zero-order chi connectivity index (χ0) is 16.5. The molecule has 2 aromatic heterocycles. The van der Waals surface area contributed by atoms with E-state index in [1.807, 2.05) is 44.4 Å². The van der Waals surface area contributed by atoms with Crippen molar-refractivity contribution in [3.8, 4) is 5.69 Å². The molecule has 0 saturated carbocycles. The smallest absolute Gasteiger partial charge is 0.159 e. The summed E-state index contributed by atoms with van der Waals surface area (Å²) in [4.78, 5) is 11.4. The number of rotatable bonds is 3. The first kappa shape index (κ1) is 14.7. The van der Waals surface area contributed by atoms with E-state index in [0.717, 1.165) is 40.9 Å². The second-order valence-corrected chi connectivity index (χ2v) is 6.00. The molecule has 0 atom stereocenters. The van der Waals surface area contributed by atoms with Crippen molar-refractivity contribution < 1.29 is 0 Å². The number of benzene rings is 1. The zero-order valence-electron chi connectivity index (χ0n) is 13.7. The summed E-state index contributed by atoms with van der Waals surface area (Å²) in [6, 6.07) is 14.1. The molecule has 0 radical (unpaired) electrons. The Labute approximate surface area is 140 Å². The highest BCUT2D eigenvalue weighted by Crippen LogP contribution is 2.25. The van der Waals surface area contributed by atoms with Crippen LogP contribution in [0.3, 0.4) is 0 Å². The maximum atomic E-state index is 4.79. The van der Waals surface area contributed by atoms with Crippen LogP contribution in [-0.2, 0) is 13.1 Å². The van der Waals surface area contributed by atoms with Crippen molar-refractivity contribution >= 4 is 5.71 Å². The SMILES string of the molecule is CN(C)Cc1nnc2n1-c1ccccc1C(c1ccccn1)=NC2. The number of pyridine rings is 1. The summed E-state index contributed by atoms with van der Waals surface area (Å²) in [6.07, 6.45) is 1.79. The summed E-state index contributed by atoms with van der Waals surface area (Å²) in [5.74, 6) is 1.77. The molecule has 3 heterocycles. The van der Waals surface area contributed by atoms with E-state index in [-0.39, 0.29) is 0 Å². The number of aromatic nitrogens is 4. The molecule has 6 heteroatoms. The molecule has 4 rings (SSSR count). The fraction of sp³-hybridized carbons (Fsp3) is 0.222. The van der Waals surface area contributed by atoms with Gasteiger partial charge in [0.15, 0.2) is 11.6 Å². The summed E-state index contributed by atoms with van der Waals surface area (Å²) >= 11 is 0. The van der Waals surface area contributed by atoms with E-state index in [9.17, 15) is 0 Å².